The highest BCUT2D eigenvalue weighted by atomic mass is 19.1. The van der Waals surface area contributed by atoms with Crippen molar-refractivity contribution < 1.29 is 9.13 Å². The molecule has 2 saturated heterocycles. The largest absolute Gasteiger partial charge is 0.377 e. The lowest BCUT2D eigenvalue weighted by atomic mass is 9.57. The van der Waals surface area contributed by atoms with Crippen molar-refractivity contribution in [3.63, 3.8) is 0 Å². The SMILES string of the molecule is CCN=C(NC1CCN(c2cccc(F)c2)CC1)NC1C2CCOC2C1(C)C. The Kier molecular flexibility index (Phi) is 5.50. The molecule has 2 heterocycles. The van der Waals surface area contributed by atoms with Crippen molar-refractivity contribution in [3.8, 4) is 0 Å². The minimum Gasteiger partial charge on any atom is -0.377 e. The van der Waals surface area contributed by atoms with Gasteiger partial charge >= 0.3 is 0 Å². The normalized spacial score (nSPS) is 29.9. The van der Waals surface area contributed by atoms with E-state index in [0.717, 1.165) is 57.2 Å². The molecule has 28 heavy (non-hydrogen) atoms. The molecule has 0 radical (unpaired) electrons. The van der Waals surface area contributed by atoms with Crippen LogP contribution in [0.3, 0.4) is 0 Å². The summed E-state index contributed by atoms with van der Waals surface area (Å²) in [4.78, 5) is 6.96. The molecule has 1 saturated carbocycles. The van der Waals surface area contributed by atoms with Crippen LogP contribution in [-0.2, 0) is 4.74 Å². The summed E-state index contributed by atoms with van der Waals surface area (Å²) in [5.74, 6) is 1.35. The van der Waals surface area contributed by atoms with Crippen molar-refractivity contribution in [1.82, 2.24) is 10.6 Å². The zero-order valence-corrected chi connectivity index (χ0v) is 17.2. The molecular formula is C22H33FN4O. The molecule has 3 atom stereocenters. The lowest BCUT2D eigenvalue weighted by molar-refractivity contribution is -0.106. The van der Waals surface area contributed by atoms with Crippen LogP contribution >= 0.6 is 0 Å². The van der Waals surface area contributed by atoms with Gasteiger partial charge in [-0.3, -0.25) is 4.99 Å². The summed E-state index contributed by atoms with van der Waals surface area (Å²) in [6.07, 6.45) is 3.55. The number of nitrogens with one attached hydrogen (secondary N) is 2. The first-order valence-electron chi connectivity index (χ1n) is 10.7. The number of ether oxygens (including phenoxy) is 1. The monoisotopic (exact) mass is 388 g/mol. The Morgan fingerprint density at radius 3 is 2.75 bits per heavy atom. The Morgan fingerprint density at radius 2 is 2.04 bits per heavy atom. The van der Waals surface area contributed by atoms with Gasteiger partial charge in [-0.05, 0) is 44.4 Å². The third-order valence-electron chi connectivity index (χ3n) is 6.72. The molecule has 1 aromatic carbocycles. The zero-order valence-electron chi connectivity index (χ0n) is 17.2. The average Bonchev–Trinajstić information content (AvgIpc) is 3.14. The number of anilines is 1. The van der Waals surface area contributed by atoms with E-state index in [1.54, 1.807) is 12.1 Å². The average molecular weight is 389 g/mol. The van der Waals surface area contributed by atoms with Crippen LogP contribution in [0.4, 0.5) is 10.1 Å². The Labute approximate surface area is 167 Å². The number of benzene rings is 1. The maximum atomic E-state index is 13.5. The highest BCUT2D eigenvalue weighted by Crippen LogP contribution is 2.52. The van der Waals surface area contributed by atoms with Crippen LogP contribution in [0.15, 0.2) is 29.3 Å². The number of halogens is 1. The summed E-state index contributed by atoms with van der Waals surface area (Å²) < 4.78 is 19.4. The van der Waals surface area contributed by atoms with Gasteiger partial charge in [0.15, 0.2) is 5.96 Å². The molecule has 0 spiro atoms. The third kappa shape index (κ3) is 3.71. The standard InChI is InChI=1S/C22H33FN4O/c1-4-24-21(26-19-18-10-13-28-20(18)22(19,2)3)25-16-8-11-27(12-9-16)17-7-5-6-15(23)14-17/h5-7,14,16,18-20H,4,8-13H2,1-3H3,(H2,24,25,26). The van der Waals surface area contributed by atoms with Gasteiger partial charge in [-0.15, -0.1) is 0 Å². The summed E-state index contributed by atoms with van der Waals surface area (Å²) in [5, 5.41) is 7.36. The van der Waals surface area contributed by atoms with Crippen LogP contribution in [0.5, 0.6) is 0 Å². The van der Waals surface area contributed by atoms with Crippen molar-refractivity contribution in [1.29, 1.82) is 0 Å². The topological polar surface area (TPSA) is 48.9 Å². The molecule has 3 unspecified atom stereocenters. The van der Waals surface area contributed by atoms with E-state index in [9.17, 15) is 4.39 Å². The van der Waals surface area contributed by atoms with E-state index in [1.807, 2.05) is 6.07 Å². The second kappa shape index (κ2) is 7.90. The molecule has 3 fully saturated rings. The lowest BCUT2D eigenvalue weighted by Crippen LogP contribution is -2.68. The van der Waals surface area contributed by atoms with Gasteiger partial charge in [-0.2, -0.15) is 0 Å². The first-order valence-corrected chi connectivity index (χ1v) is 10.7. The van der Waals surface area contributed by atoms with Crippen LogP contribution in [0.2, 0.25) is 0 Å². The molecule has 1 aliphatic carbocycles. The van der Waals surface area contributed by atoms with Crippen LogP contribution in [0, 0.1) is 17.2 Å². The molecule has 6 heteroatoms. The number of hydrogen-bond acceptors (Lipinski definition) is 3. The molecular weight excluding hydrogens is 355 g/mol. The van der Waals surface area contributed by atoms with Crippen LogP contribution in [-0.4, -0.2) is 50.4 Å². The fraction of sp³-hybridized carbons (Fsp3) is 0.682. The molecule has 3 aliphatic rings. The summed E-state index contributed by atoms with van der Waals surface area (Å²) >= 11 is 0. The first kappa shape index (κ1) is 19.5. The number of piperidine rings is 1. The van der Waals surface area contributed by atoms with Gasteiger partial charge in [-0.1, -0.05) is 19.9 Å². The quantitative estimate of drug-likeness (QED) is 0.615. The number of guanidine groups is 1. The molecule has 2 aliphatic heterocycles. The maximum Gasteiger partial charge on any atom is 0.191 e. The second-order valence-electron chi connectivity index (χ2n) is 8.90. The van der Waals surface area contributed by atoms with E-state index >= 15 is 0 Å². The summed E-state index contributed by atoms with van der Waals surface area (Å²) in [5.41, 5.74) is 1.11. The van der Waals surface area contributed by atoms with Crippen molar-refractivity contribution >= 4 is 11.6 Å². The van der Waals surface area contributed by atoms with Crippen molar-refractivity contribution in [3.05, 3.63) is 30.1 Å². The predicted molar refractivity (Wildman–Crippen MR) is 111 cm³/mol. The zero-order chi connectivity index (χ0) is 19.7. The van der Waals surface area contributed by atoms with Gasteiger partial charge in [0, 0.05) is 55.3 Å². The van der Waals surface area contributed by atoms with Gasteiger partial charge < -0.3 is 20.3 Å². The van der Waals surface area contributed by atoms with E-state index < -0.39 is 0 Å². The predicted octanol–water partition coefficient (Wildman–Crippen LogP) is 3.16. The van der Waals surface area contributed by atoms with Gasteiger partial charge in [-0.25, -0.2) is 4.39 Å². The maximum absolute atomic E-state index is 13.5. The Balaban J connectivity index is 1.33. The lowest BCUT2D eigenvalue weighted by Gasteiger charge is -2.55. The van der Waals surface area contributed by atoms with Crippen LogP contribution in [0.1, 0.15) is 40.0 Å². The van der Waals surface area contributed by atoms with E-state index in [2.05, 4.69) is 36.3 Å². The summed E-state index contributed by atoms with van der Waals surface area (Å²) in [6.45, 7) is 10.1. The molecule has 154 valence electrons. The molecule has 0 aromatic heterocycles. The van der Waals surface area contributed by atoms with Gasteiger partial charge in [0.1, 0.15) is 5.82 Å². The smallest absolute Gasteiger partial charge is 0.191 e. The number of nitrogens with zero attached hydrogens (tertiary/aromatic N) is 2. The van der Waals surface area contributed by atoms with E-state index in [-0.39, 0.29) is 11.2 Å². The Bertz CT molecular complexity index is 714. The van der Waals surface area contributed by atoms with E-state index in [1.165, 1.54) is 6.07 Å². The minimum atomic E-state index is -0.170. The molecule has 0 amide bonds. The minimum absolute atomic E-state index is 0.137. The summed E-state index contributed by atoms with van der Waals surface area (Å²) in [7, 11) is 0. The third-order valence-corrected chi connectivity index (χ3v) is 6.72. The molecule has 2 N–H and O–H groups in total. The first-order chi connectivity index (χ1) is 13.5. The highest BCUT2D eigenvalue weighted by molar-refractivity contribution is 5.80. The summed E-state index contributed by atoms with van der Waals surface area (Å²) in [6, 6.07) is 7.69. The van der Waals surface area contributed by atoms with Gasteiger partial charge in [0.25, 0.3) is 0 Å². The molecule has 0 bridgehead atoms. The number of rotatable bonds is 4. The molecule has 4 rings (SSSR count). The second-order valence-corrected chi connectivity index (χ2v) is 8.90. The highest BCUT2D eigenvalue weighted by Gasteiger charge is 2.59. The Morgan fingerprint density at radius 1 is 1.25 bits per heavy atom. The van der Waals surface area contributed by atoms with Crippen molar-refractivity contribution in [2.75, 3.05) is 31.1 Å². The van der Waals surface area contributed by atoms with Crippen molar-refractivity contribution in [2.45, 2.75) is 58.2 Å². The van der Waals surface area contributed by atoms with Crippen LogP contribution < -0.4 is 15.5 Å². The Hall–Kier alpha value is -1.82. The van der Waals surface area contributed by atoms with E-state index in [0.29, 0.717) is 24.1 Å². The van der Waals surface area contributed by atoms with Gasteiger partial charge in [0.05, 0.1) is 6.10 Å². The van der Waals surface area contributed by atoms with Crippen molar-refractivity contribution in [2.24, 2.45) is 16.3 Å². The van der Waals surface area contributed by atoms with Crippen LogP contribution in [0.25, 0.3) is 0 Å². The molecule has 1 aromatic rings. The number of aliphatic imine (C=N–C) groups is 1. The fourth-order valence-corrected chi connectivity index (χ4v) is 5.20. The molecule has 5 nitrogen and oxygen atoms in total. The van der Waals surface area contributed by atoms with Gasteiger partial charge in [0.2, 0.25) is 0 Å². The number of fused-ring (bicyclic) bond motifs is 1. The fourth-order valence-electron chi connectivity index (χ4n) is 5.20. The number of hydrogen-bond donors (Lipinski definition) is 2. The van der Waals surface area contributed by atoms with E-state index in [4.69, 9.17) is 9.73 Å².